The molecule has 0 aliphatic carbocycles. The molecule has 4 aromatic carbocycles. The Hall–Kier alpha value is -5.08. The lowest BCUT2D eigenvalue weighted by molar-refractivity contribution is 0.304. The van der Waals surface area contributed by atoms with Crippen molar-refractivity contribution in [2.24, 2.45) is 0 Å². The molecule has 0 atom stereocenters. The fourth-order valence-corrected chi connectivity index (χ4v) is 10.5. The number of rotatable bonds is 13. The summed E-state index contributed by atoms with van der Waals surface area (Å²) in [4.78, 5) is 14.7. The molecule has 3 fully saturated rings. The van der Waals surface area contributed by atoms with Crippen LogP contribution in [0.25, 0.3) is 21.8 Å². The Bertz CT molecular complexity index is 2540. The average molecular weight is 1060 g/mol. The molecular formula is C61H86Cl2N10O2. The Labute approximate surface area is 458 Å². The molecule has 0 radical (unpaired) electrons. The van der Waals surface area contributed by atoms with Gasteiger partial charge in [-0.15, -0.1) is 0 Å². The molecule has 0 saturated carbocycles. The maximum atomic E-state index is 6.02. The number of piperidine rings is 3. The zero-order valence-corrected chi connectivity index (χ0v) is 48.2. The van der Waals surface area contributed by atoms with E-state index >= 15 is 0 Å². The molecule has 6 N–H and O–H groups in total. The van der Waals surface area contributed by atoms with Crippen LogP contribution < -0.4 is 51.2 Å². The summed E-state index contributed by atoms with van der Waals surface area (Å²) in [6.45, 7) is 27.9. The monoisotopic (exact) mass is 1060 g/mol. The number of anilines is 4. The Kier molecular flexibility index (Phi) is 20.2. The largest absolute Gasteiger partial charge is 0.497 e. The summed E-state index contributed by atoms with van der Waals surface area (Å²) in [5, 5.41) is 25.3. The SMILES string of the molecule is CC(C)(C)NC1CCNCC1.COc1ccc2c(N3CCC(NC(C)(C)C)CC3)cc(NCc3ccc(Cl)cc3)nc2c1.COc1ccc2c(N3CCC(NC(C)(C)C)CC3)cc(NCc3ccc(Cl)cc3)nc2c1. The van der Waals surface area contributed by atoms with Crippen molar-refractivity contribution < 1.29 is 9.47 Å². The van der Waals surface area contributed by atoms with Gasteiger partial charge in [0.15, 0.2) is 0 Å². The second-order valence-corrected chi connectivity index (χ2v) is 24.4. The molecule has 406 valence electrons. The van der Waals surface area contributed by atoms with Gasteiger partial charge in [-0.25, -0.2) is 9.97 Å². The molecule has 12 nitrogen and oxygen atoms in total. The molecule has 3 aliphatic rings. The Morgan fingerprint density at radius 3 is 1.17 bits per heavy atom. The number of fused-ring (bicyclic) bond motifs is 2. The molecule has 9 rings (SSSR count). The van der Waals surface area contributed by atoms with E-state index in [0.29, 0.717) is 25.2 Å². The van der Waals surface area contributed by atoms with Crippen molar-refractivity contribution in [1.82, 2.24) is 31.2 Å². The van der Waals surface area contributed by atoms with Crippen molar-refractivity contribution in [1.29, 1.82) is 0 Å². The van der Waals surface area contributed by atoms with E-state index in [-0.39, 0.29) is 16.6 Å². The van der Waals surface area contributed by atoms with Gasteiger partial charge in [-0.3, -0.25) is 0 Å². The third-order valence-corrected chi connectivity index (χ3v) is 14.2. The van der Waals surface area contributed by atoms with Gasteiger partial charge >= 0.3 is 0 Å². The van der Waals surface area contributed by atoms with E-state index in [4.69, 9.17) is 42.6 Å². The van der Waals surface area contributed by atoms with Crippen LogP contribution in [0.1, 0.15) is 112 Å². The lowest BCUT2D eigenvalue weighted by Gasteiger charge is -2.37. The van der Waals surface area contributed by atoms with E-state index in [2.05, 4.69) is 128 Å². The number of aromatic nitrogens is 2. The van der Waals surface area contributed by atoms with Crippen LogP contribution in [0.3, 0.4) is 0 Å². The van der Waals surface area contributed by atoms with Crippen LogP contribution >= 0.6 is 23.2 Å². The zero-order chi connectivity index (χ0) is 53.8. The highest BCUT2D eigenvalue weighted by Crippen LogP contribution is 2.35. The molecule has 0 amide bonds. The smallest absolute Gasteiger partial charge is 0.129 e. The van der Waals surface area contributed by atoms with Gasteiger partial charge in [0.05, 0.1) is 25.3 Å². The second kappa shape index (κ2) is 26.3. The van der Waals surface area contributed by atoms with Crippen molar-refractivity contribution in [3.05, 3.63) is 118 Å². The number of ether oxygens (including phenoxy) is 2. The minimum Gasteiger partial charge on any atom is -0.497 e. The molecule has 2 aromatic heterocycles. The number of hydrogen-bond acceptors (Lipinski definition) is 12. The molecule has 0 spiro atoms. The van der Waals surface area contributed by atoms with Gasteiger partial charge < -0.3 is 51.2 Å². The first-order chi connectivity index (χ1) is 35.7. The number of hydrogen-bond donors (Lipinski definition) is 6. The van der Waals surface area contributed by atoms with Gasteiger partial charge in [0.2, 0.25) is 0 Å². The maximum absolute atomic E-state index is 6.02. The summed E-state index contributed by atoms with van der Waals surface area (Å²) in [5.74, 6) is 3.37. The summed E-state index contributed by atoms with van der Waals surface area (Å²) in [7, 11) is 3.38. The van der Waals surface area contributed by atoms with Crippen molar-refractivity contribution in [3.8, 4) is 11.5 Å². The quantitative estimate of drug-likeness (QED) is 0.0660. The first-order valence-electron chi connectivity index (χ1n) is 27.2. The highest BCUT2D eigenvalue weighted by molar-refractivity contribution is 6.30. The summed E-state index contributed by atoms with van der Waals surface area (Å²) in [6.07, 6.45) is 7.07. The molecule has 0 bridgehead atoms. The van der Waals surface area contributed by atoms with Crippen LogP contribution in [-0.4, -0.2) is 98.2 Å². The summed E-state index contributed by atoms with van der Waals surface area (Å²) in [5.41, 5.74) is 7.23. The summed E-state index contributed by atoms with van der Waals surface area (Å²) in [6, 6.07) is 34.3. The van der Waals surface area contributed by atoms with Crippen molar-refractivity contribution in [2.45, 2.75) is 149 Å². The van der Waals surface area contributed by atoms with Crippen molar-refractivity contribution in [3.63, 3.8) is 0 Å². The number of pyridine rings is 2. The fourth-order valence-electron chi connectivity index (χ4n) is 10.3. The first-order valence-corrected chi connectivity index (χ1v) is 27.9. The summed E-state index contributed by atoms with van der Waals surface area (Å²) >= 11 is 12.0. The molecule has 6 aromatic rings. The number of nitrogens with one attached hydrogen (secondary N) is 6. The highest BCUT2D eigenvalue weighted by atomic mass is 35.5. The van der Waals surface area contributed by atoms with E-state index < -0.39 is 0 Å². The second-order valence-electron chi connectivity index (χ2n) is 23.5. The highest BCUT2D eigenvalue weighted by Gasteiger charge is 2.27. The lowest BCUT2D eigenvalue weighted by Crippen LogP contribution is -2.49. The van der Waals surface area contributed by atoms with Gasteiger partial charge in [0, 0.05) is 130 Å². The van der Waals surface area contributed by atoms with Gasteiger partial charge in [0.25, 0.3) is 0 Å². The number of nitrogens with zero attached hydrogens (tertiary/aromatic N) is 4. The van der Waals surface area contributed by atoms with Crippen LogP contribution in [0.4, 0.5) is 23.0 Å². The van der Waals surface area contributed by atoms with Gasteiger partial charge in [0.1, 0.15) is 23.1 Å². The van der Waals surface area contributed by atoms with E-state index in [1.54, 1.807) is 14.2 Å². The summed E-state index contributed by atoms with van der Waals surface area (Å²) < 4.78 is 10.9. The third kappa shape index (κ3) is 18.3. The van der Waals surface area contributed by atoms with E-state index in [1.807, 2.05) is 72.8 Å². The zero-order valence-electron chi connectivity index (χ0n) is 46.7. The number of halogens is 2. The molecule has 14 heteroatoms. The number of methoxy groups -OCH3 is 2. The molecule has 5 heterocycles. The van der Waals surface area contributed by atoms with Gasteiger partial charge in [-0.2, -0.15) is 0 Å². The van der Waals surface area contributed by atoms with Gasteiger partial charge in [-0.05, 0) is 174 Å². The predicted molar refractivity (Wildman–Crippen MR) is 319 cm³/mol. The van der Waals surface area contributed by atoms with E-state index in [1.165, 1.54) is 37.3 Å². The van der Waals surface area contributed by atoms with Crippen LogP contribution in [0.5, 0.6) is 11.5 Å². The van der Waals surface area contributed by atoms with Crippen molar-refractivity contribution in [2.75, 3.05) is 73.9 Å². The third-order valence-electron chi connectivity index (χ3n) is 13.7. The fraction of sp³-hybridized carbons (Fsp3) is 0.508. The Balaban J connectivity index is 0.000000182. The first kappa shape index (κ1) is 57.6. The van der Waals surface area contributed by atoms with Crippen LogP contribution in [0, 0.1) is 0 Å². The van der Waals surface area contributed by atoms with Crippen LogP contribution in [0.15, 0.2) is 97.1 Å². The molecular weight excluding hydrogens is 976 g/mol. The Morgan fingerprint density at radius 1 is 0.493 bits per heavy atom. The molecule has 3 saturated heterocycles. The van der Waals surface area contributed by atoms with Gasteiger partial charge in [-0.1, -0.05) is 47.5 Å². The lowest BCUT2D eigenvalue weighted by atomic mass is 9.99. The average Bonchev–Trinajstić information content (AvgIpc) is 3.37. The van der Waals surface area contributed by atoms with Crippen LogP contribution in [-0.2, 0) is 13.1 Å². The topological polar surface area (TPSA) is 123 Å². The minimum absolute atomic E-state index is 0.144. The minimum atomic E-state index is 0.144. The van der Waals surface area contributed by atoms with Crippen molar-refractivity contribution >= 4 is 68.0 Å². The predicted octanol–water partition coefficient (Wildman–Crippen LogP) is 12.9. The van der Waals surface area contributed by atoms with Crippen LogP contribution in [0.2, 0.25) is 10.0 Å². The maximum Gasteiger partial charge on any atom is 0.129 e. The molecule has 3 aliphatic heterocycles. The standard InChI is InChI=1S/2C26H33ClN4O.C9H20N2/c2*1-26(2,3)30-20-11-13-31(14-12-20)24-16-25(28-17-18-5-7-19(27)8-6-18)29-23-15-21(32-4)9-10-22(23)24;1-9(2,3)11-8-4-6-10-7-5-8/h2*5-10,15-16,20,30H,11-14,17H2,1-4H3,(H,28,29);8,10-11H,4-7H2,1-3H3. The Morgan fingerprint density at radius 2 is 0.840 bits per heavy atom. The number of benzene rings is 4. The van der Waals surface area contributed by atoms with E-state index in [9.17, 15) is 0 Å². The normalized spacial score (nSPS) is 16.2. The molecule has 75 heavy (non-hydrogen) atoms. The van der Waals surface area contributed by atoms with E-state index in [0.717, 1.165) is 124 Å². The molecule has 0 unspecified atom stereocenters.